The van der Waals surface area contributed by atoms with Crippen molar-refractivity contribution in [3.8, 4) is 0 Å². The van der Waals surface area contributed by atoms with Crippen molar-refractivity contribution in [1.82, 2.24) is 0 Å². The molecule has 1 aromatic carbocycles. The Morgan fingerprint density at radius 2 is 2.17 bits per heavy atom. The molecule has 1 aliphatic rings. The van der Waals surface area contributed by atoms with Gasteiger partial charge in [-0.05, 0) is 49.3 Å². The van der Waals surface area contributed by atoms with Crippen molar-refractivity contribution >= 4 is 5.69 Å². The van der Waals surface area contributed by atoms with Crippen LogP contribution in [0.5, 0.6) is 0 Å². The number of anilines is 1. The third-order valence-electron chi connectivity index (χ3n) is 2.51. The van der Waals surface area contributed by atoms with Gasteiger partial charge < -0.3 is 5.73 Å². The van der Waals surface area contributed by atoms with Crippen LogP contribution in [-0.2, 0) is 6.42 Å². The molecule has 0 unspecified atom stereocenters. The molecule has 0 aliphatic heterocycles. The zero-order valence-electron chi connectivity index (χ0n) is 7.51. The van der Waals surface area contributed by atoms with E-state index in [4.69, 9.17) is 5.73 Å². The molecule has 1 fully saturated rings. The summed E-state index contributed by atoms with van der Waals surface area (Å²) in [5.41, 5.74) is 9.46. The second-order valence-corrected chi connectivity index (χ2v) is 3.85. The summed E-state index contributed by atoms with van der Waals surface area (Å²) in [5, 5.41) is 0. The molecule has 1 aliphatic carbocycles. The van der Waals surface area contributed by atoms with Gasteiger partial charge in [0.2, 0.25) is 0 Å². The Morgan fingerprint density at radius 3 is 2.75 bits per heavy atom. The lowest BCUT2D eigenvalue weighted by atomic mass is 10.0. The first-order valence-corrected chi connectivity index (χ1v) is 4.61. The fraction of sp³-hybridized carbons (Fsp3) is 0.455. The summed E-state index contributed by atoms with van der Waals surface area (Å²) < 4.78 is 0. The van der Waals surface area contributed by atoms with Crippen LogP contribution in [-0.4, -0.2) is 0 Å². The molecule has 0 radical (unpaired) electrons. The maximum absolute atomic E-state index is 5.90. The Hall–Kier alpha value is -0.980. The van der Waals surface area contributed by atoms with E-state index in [1.165, 1.54) is 30.4 Å². The highest BCUT2D eigenvalue weighted by Crippen LogP contribution is 2.34. The average molecular weight is 161 g/mol. The maximum Gasteiger partial charge on any atom is 0.0349 e. The van der Waals surface area contributed by atoms with Gasteiger partial charge in [-0.3, -0.25) is 0 Å². The van der Waals surface area contributed by atoms with Crippen LogP contribution in [0.4, 0.5) is 5.69 Å². The van der Waals surface area contributed by atoms with E-state index in [0.29, 0.717) is 0 Å². The lowest BCUT2D eigenvalue weighted by Gasteiger charge is -2.04. The molecule has 12 heavy (non-hydrogen) atoms. The number of hydrogen-bond acceptors (Lipinski definition) is 1. The highest BCUT2D eigenvalue weighted by molar-refractivity contribution is 5.49. The van der Waals surface area contributed by atoms with Gasteiger partial charge in [0.25, 0.3) is 0 Å². The van der Waals surface area contributed by atoms with Gasteiger partial charge in [0, 0.05) is 5.69 Å². The maximum atomic E-state index is 5.90. The highest BCUT2D eigenvalue weighted by Gasteiger charge is 2.22. The van der Waals surface area contributed by atoms with E-state index < -0.39 is 0 Å². The Kier molecular flexibility index (Phi) is 1.80. The Bertz CT molecular complexity index is 287. The topological polar surface area (TPSA) is 26.0 Å². The molecule has 0 saturated heterocycles. The lowest BCUT2D eigenvalue weighted by molar-refractivity contribution is 0.834. The molecule has 1 aromatic rings. The minimum atomic E-state index is 0.926. The fourth-order valence-corrected chi connectivity index (χ4v) is 1.53. The van der Waals surface area contributed by atoms with Gasteiger partial charge in [0.15, 0.2) is 0 Å². The molecule has 2 rings (SSSR count). The van der Waals surface area contributed by atoms with Crippen LogP contribution in [0.2, 0.25) is 0 Å². The molecule has 2 N–H and O–H groups in total. The first-order chi connectivity index (χ1) is 5.75. The Morgan fingerprint density at radius 1 is 1.42 bits per heavy atom. The van der Waals surface area contributed by atoms with Crippen molar-refractivity contribution < 1.29 is 0 Å². The number of benzene rings is 1. The summed E-state index contributed by atoms with van der Waals surface area (Å²) in [6.07, 6.45) is 3.98. The van der Waals surface area contributed by atoms with Crippen LogP contribution in [0, 0.1) is 12.8 Å². The molecule has 0 amide bonds. The van der Waals surface area contributed by atoms with Crippen LogP contribution in [0.3, 0.4) is 0 Å². The standard InChI is InChI=1S/C11H15N/c1-8-2-5-10(11(12)6-8)7-9-3-4-9/h2,5-6,9H,3-4,7,12H2,1H3. The molecular formula is C11H15N. The summed E-state index contributed by atoms with van der Waals surface area (Å²) in [6, 6.07) is 6.38. The van der Waals surface area contributed by atoms with Crippen LogP contribution in [0.1, 0.15) is 24.0 Å². The molecule has 0 spiro atoms. The van der Waals surface area contributed by atoms with Gasteiger partial charge >= 0.3 is 0 Å². The molecule has 0 heterocycles. The minimum Gasteiger partial charge on any atom is -0.398 e. The normalized spacial score (nSPS) is 16.4. The van der Waals surface area contributed by atoms with Gasteiger partial charge in [-0.2, -0.15) is 0 Å². The summed E-state index contributed by atoms with van der Waals surface area (Å²) in [7, 11) is 0. The number of nitrogens with two attached hydrogens (primary N) is 1. The predicted molar refractivity (Wildman–Crippen MR) is 52.0 cm³/mol. The van der Waals surface area contributed by atoms with Crippen molar-refractivity contribution in [2.45, 2.75) is 26.2 Å². The highest BCUT2D eigenvalue weighted by atomic mass is 14.6. The van der Waals surface area contributed by atoms with Crippen molar-refractivity contribution in [2.75, 3.05) is 5.73 Å². The van der Waals surface area contributed by atoms with Gasteiger partial charge in [0.1, 0.15) is 0 Å². The van der Waals surface area contributed by atoms with Gasteiger partial charge in [-0.25, -0.2) is 0 Å². The van der Waals surface area contributed by atoms with E-state index in [1.54, 1.807) is 0 Å². The summed E-state index contributed by atoms with van der Waals surface area (Å²) in [5.74, 6) is 0.926. The summed E-state index contributed by atoms with van der Waals surface area (Å²) in [6.45, 7) is 2.08. The monoisotopic (exact) mass is 161 g/mol. The molecule has 0 aromatic heterocycles. The SMILES string of the molecule is Cc1ccc(CC2CC2)c(N)c1. The van der Waals surface area contributed by atoms with Crippen molar-refractivity contribution in [3.63, 3.8) is 0 Å². The minimum absolute atomic E-state index is 0.926. The number of aryl methyl sites for hydroxylation is 1. The molecule has 0 atom stereocenters. The first-order valence-electron chi connectivity index (χ1n) is 4.61. The van der Waals surface area contributed by atoms with E-state index in [-0.39, 0.29) is 0 Å². The smallest absolute Gasteiger partial charge is 0.0349 e. The zero-order chi connectivity index (χ0) is 8.55. The van der Waals surface area contributed by atoms with Gasteiger partial charge in [-0.1, -0.05) is 12.1 Å². The van der Waals surface area contributed by atoms with Crippen LogP contribution >= 0.6 is 0 Å². The molecule has 1 heteroatoms. The van der Waals surface area contributed by atoms with Gasteiger partial charge in [-0.15, -0.1) is 0 Å². The van der Waals surface area contributed by atoms with E-state index in [0.717, 1.165) is 11.6 Å². The summed E-state index contributed by atoms with van der Waals surface area (Å²) >= 11 is 0. The number of rotatable bonds is 2. The summed E-state index contributed by atoms with van der Waals surface area (Å²) in [4.78, 5) is 0. The lowest BCUT2D eigenvalue weighted by Crippen LogP contribution is -1.95. The first kappa shape index (κ1) is 7.66. The number of nitrogen functional groups attached to an aromatic ring is 1. The van der Waals surface area contributed by atoms with Crippen LogP contribution in [0.25, 0.3) is 0 Å². The average Bonchev–Trinajstić information content (AvgIpc) is 2.79. The van der Waals surface area contributed by atoms with E-state index in [1.807, 2.05) is 0 Å². The largest absolute Gasteiger partial charge is 0.398 e. The van der Waals surface area contributed by atoms with Crippen LogP contribution < -0.4 is 5.73 Å². The van der Waals surface area contributed by atoms with Crippen molar-refractivity contribution in [3.05, 3.63) is 29.3 Å². The fourth-order valence-electron chi connectivity index (χ4n) is 1.53. The van der Waals surface area contributed by atoms with E-state index in [9.17, 15) is 0 Å². The third kappa shape index (κ3) is 1.60. The molecule has 1 saturated carbocycles. The van der Waals surface area contributed by atoms with Crippen molar-refractivity contribution in [1.29, 1.82) is 0 Å². The second-order valence-electron chi connectivity index (χ2n) is 3.85. The number of hydrogen-bond donors (Lipinski definition) is 1. The van der Waals surface area contributed by atoms with E-state index >= 15 is 0 Å². The second kappa shape index (κ2) is 2.81. The van der Waals surface area contributed by atoms with Crippen LogP contribution in [0.15, 0.2) is 18.2 Å². The third-order valence-corrected chi connectivity index (χ3v) is 2.51. The molecule has 1 nitrogen and oxygen atoms in total. The molecular weight excluding hydrogens is 146 g/mol. The van der Waals surface area contributed by atoms with Gasteiger partial charge in [0.05, 0.1) is 0 Å². The molecule has 0 bridgehead atoms. The van der Waals surface area contributed by atoms with E-state index in [2.05, 4.69) is 25.1 Å². The Labute approximate surface area is 73.6 Å². The quantitative estimate of drug-likeness (QED) is 0.663. The van der Waals surface area contributed by atoms with Crippen molar-refractivity contribution in [2.24, 2.45) is 5.92 Å². The zero-order valence-corrected chi connectivity index (χ0v) is 7.51. The predicted octanol–water partition coefficient (Wildman–Crippen LogP) is 2.53. The molecule has 64 valence electrons. The Balaban J connectivity index is 2.18.